The third-order valence-corrected chi connectivity index (χ3v) is 32.4. The van der Waals surface area contributed by atoms with E-state index >= 15 is 0 Å². The van der Waals surface area contributed by atoms with Crippen LogP contribution in [-0.4, -0.2) is 46.7 Å². The Balaban J connectivity index is 0.000000264. The summed E-state index contributed by atoms with van der Waals surface area (Å²) in [5.41, 5.74) is 3.95. The fraction of sp³-hybridized carbons (Fsp3) is 0.862. The van der Waals surface area contributed by atoms with Gasteiger partial charge < -0.3 is 13.6 Å². The van der Waals surface area contributed by atoms with E-state index < -0.39 is 16.6 Å². The fourth-order valence-electron chi connectivity index (χ4n) is 16.1. The topological polar surface area (TPSA) is 69.7 Å². The van der Waals surface area contributed by atoms with Crippen LogP contribution in [0.4, 0.5) is 0 Å². The number of allylic oxidation sites excluding steroid dienone is 6. The van der Waals surface area contributed by atoms with Crippen LogP contribution in [0.15, 0.2) is 35.5 Å². The van der Waals surface area contributed by atoms with Crippen molar-refractivity contribution >= 4 is 34.5 Å². The molecule has 0 aromatic heterocycles. The first kappa shape index (κ1) is 61.4. The molecule has 0 spiro atoms. The zero-order valence-corrected chi connectivity index (χ0v) is 50.8. The molecule has 2 unspecified atom stereocenters. The number of carbonyl (C=O) groups excluding carboxylic acids is 3. The molecule has 8 saturated carbocycles. The second-order valence-corrected chi connectivity index (χ2v) is 40.0. The number of hydrogen-bond donors (Lipinski definition) is 0. The summed E-state index contributed by atoms with van der Waals surface area (Å²) in [6.45, 7) is 46.4. The lowest BCUT2D eigenvalue weighted by molar-refractivity contribution is -0.130. The van der Waals surface area contributed by atoms with Crippen LogP contribution >= 0.6 is 0 Å². The van der Waals surface area contributed by atoms with Crippen molar-refractivity contribution in [2.45, 2.75) is 264 Å². The van der Waals surface area contributed by atoms with Crippen molar-refractivity contribution in [3.05, 3.63) is 35.5 Å². The van der Waals surface area contributed by atoms with Gasteiger partial charge in [0.15, 0.2) is 28.2 Å². The molecule has 8 rings (SSSR count). The van der Waals surface area contributed by atoms with Gasteiger partial charge in [0.2, 0.25) is 0 Å². The molecule has 0 heterocycles. The van der Waals surface area contributed by atoms with Crippen LogP contribution in [-0.2, 0) is 23.2 Å². The Kier molecular flexibility index (Phi) is 18.0. The van der Waals surface area contributed by atoms with Crippen molar-refractivity contribution in [3.8, 4) is 0 Å². The number of hydrogen-bond acceptors (Lipinski definition) is 5. The summed E-state index contributed by atoms with van der Waals surface area (Å²) in [4.78, 5) is 39.1. The van der Waals surface area contributed by atoms with E-state index in [4.69, 9.17) is 8.85 Å². The number of fused-ring (bicyclic) bond motifs is 4. The number of rotatable bonds is 13. The second-order valence-electron chi connectivity index (χ2n) is 30.5. The summed E-state index contributed by atoms with van der Waals surface area (Å²) >= 11 is 0. The van der Waals surface area contributed by atoms with Gasteiger partial charge in [-0.05, 0) is 202 Å². The molecule has 0 aromatic rings. The average Bonchev–Trinajstić information content (AvgIpc) is 3.99. The van der Waals surface area contributed by atoms with Gasteiger partial charge in [0.25, 0.3) is 0 Å². The molecule has 412 valence electrons. The van der Waals surface area contributed by atoms with E-state index in [1.165, 1.54) is 70.5 Å². The molecule has 8 aliphatic rings. The molecule has 0 radical (unpaired) electrons. The number of Topliss-reactive ketones (excluding diaryl/α,β-unsaturated/α-hetero) is 2. The third kappa shape index (κ3) is 10.9. The molecule has 17 atom stereocenters. The van der Waals surface area contributed by atoms with Crippen molar-refractivity contribution in [2.75, 3.05) is 0 Å². The van der Waals surface area contributed by atoms with E-state index in [0.717, 1.165) is 31.6 Å². The van der Waals surface area contributed by atoms with Gasteiger partial charge in [-0.1, -0.05) is 161 Å². The highest BCUT2D eigenvalue weighted by atomic mass is 28.4. The molecular weight excluding hydrogens is 917 g/mol. The van der Waals surface area contributed by atoms with Crippen LogP contribution in [0.2, 0.25) is 36.3 Å². The minimum absolute atomic E-state index is 0. The summed E-state index contributed by atoms with van der Waals surface area (Å²) in [6.07, 6.45) is 27.6. The summed E-state index contributed by atoms with van der Waals surface area (Å²) in [5, 5.41) is 0.272. The summed E-state index contributed by atoms with van der Waals surface area (Å²) < 4.78 is 13.3. The van der Waals surface area contributed by atoms with E-state index in [1.54, 1.807) is 11.1 Å². The van der Waals surface area contributed by atoms with Crippen LogP contribution in [0.25, 0.3) is 0 Å². The largest absolute Gasteiger partial charge is 0.407 e. The number of carbonyl (C=O) groups is 3. The normalized spacial score (nSPS) is 39.7. The molecule has 0 aliphatic heterocycles. The highest BCUT2D eigenvalue weighted by Crippen LogP contribution is 2.69. The zero-order chi connectivity index (χ0) is 52.2. The van der Waals surface area contributed by atoms with Crippen molar-refractivity contribution < 1.29 is 23.2 Å². The fourth-order valence-corrected chi connectivity index (χ4v) is 18.7. The quantitative estimate of drug-likeness (QED) is 0.104. The molecule has 0 amide bonds. The summed E-state index contributed by atoms with van der Waals surface area (Å²) in [6, 6.07) is 0. The molecule has 8 fully saturated rings. The van der Waals surface area contributed by atoms with E-state index in [1.807, 2.05) is 0 Å². The van der Waals surface area contributed by atoms with E-state index in [2.05, 4.69) is 161 Å². The number of aldehydes is 1. The lowest BCUT2D eigenvalue weighted by Gasteiger charge is -2.44. The Hall–Kier alpha value is -1.42. The molecule has 0 saturated heterocycles. The minimum Gasteiger partial charge on any atom is -0.407 e. The summed E-state index contributed by atoms with van der Waals surface area (Å²) in [7, 11) is -3.89. The Morgan fingerprint density at radius 2 is 0.958 bits per heavy atom. The van der Waals surface area contributed by atoms with Crippen LogP contribution < -0.4 is 0 Å². The first-order valence-corrected chi connectivity index (χ1v) is 34.9. The lowest BCUT2D eigenvalue weighted by atomic mass is 9.60. The molecule has 7 heteroatoms. The molecule has 5 nitrogen and oxygen atoms in total. The molecule has 72 heavy (non-hydrogen) atoms. The van der Waals surface area contributed by atoms with Crippen molar-refractivity contribution in [2.24, 2.45) is 92.2 Å². The monoisotopic (exact) mass is 1030 g/mol. The lowest BCUT2D eigenvalue weighted by Crippen LogP contribution is -2.46. The molecular formula is C65H114O5Si2. The molecule has 0 aromatic carbocycles. The van der Waals surface area contributed by atoms with Gasteiger partial charge in [-0.25, -0.2) is 0 Å². The molecule has 8 aliphatic carbocycles. The van der Waals surface area contributed by atoms with Crippen molar-refractivity contribution in [3.63, 3.8) is 0 Å². The van der Waals surface area contributed by atoms with Crippen LogP contribution in [0.3, 0.4) is 0 Å². The van der Waals surface area contributed by atoms with Gasteiger partial charge in [0.05, 0.1) is 0 Å². The highest BCUT2D eigenvalue weighted by molar-refractivity contribution is 6.74. The van der Waals surface area contributed by atoms with Crippen LogP contribution in [0.1, 0.15) is 216 Å². The van der Waals surface area contributed by atoms with E-state index in [0.29, 0.717) is 75.7 Å². The molecule has 0 bridgehead atoms. The second kappa shape index (κ2) is 21.1. The zero-order valence-electron chi connectivity index (χ0n) is 48.8. The maximum Gasteiger partial charge on any atom is 0.193 e. The highest BCUT2D eigenvalue weighted by Gasteiger charge is 2.71. The van der Waals surface area contributed by atoms with Crippen LogP contribution in [0.5, 0.6) is 0 Å². The van der Waals surface area contributed by atoms with E-state index in [9.17, 15) is 14.4 Å². The first-order chi connectivity index (χ1) is 32.1. The predicted octanol–water partition coefficient (Wildman–Crippen LogP) is 18.3. The van der Waals surface area contributed by atoms with Gasteiger partial charge in [-0.15, -0.1) is 0 Å². The van der Waals surface area contributed by atoms with Gasteiger partial charge in [-0.3, -0.25) is 9.59 Å². The Morgan fingerprint density at radius 3 is 1.31 bits per heavy atom. The predicted molar refractivity (Wildman–Crippen MR) is 311 cm³/mol. The minimum atomic E-state index is -1.95. The SMILES string of the molecule is C.C.C[C@H](/C=C/[C@H](C)C(C)(C)C)[C@H]1CC[C@H]2/C(=C/[C@@H](C)[C@]34CC3C[C@H](O[Si](C)(C)C(C)(C)C)C4=O)CCC[C@]12C.C[C@H](C=O)[C@H]1CC[C@H]2/C(=C/[C@@H](C)[C@]34CC3C[C@H](O[Si](C)(C)C(C)(C)C)C4=O)CCC[C@]12C. The smallest absolute Gasteiger partial charge is 0.193 e. The van der Waals surface area contributed by atoms with E-state index in [-0.39, 0.29) is 59.3 Å². The van der Waals surface area contributed by atoms with Crippen molar-refractivity contribution in [1.29, 1.82) is 0 Å². The first-order valence-electron chi connectivity index (χ1n) is 29.1. The van der Waals surface area contributed by atoms with Crippen LogP contribution in [0, 0.1) is 92.2 Å². The average molecular weight is 1030 g/mol. The Bertz CT molecular complexity index is 2060. The maximum absolute atomic E-state index is 13.8. The maximum atomic E-state index is 13.8. The Morgan fingerprint density at radius 1 is 0.583 bits per heavy atom. The van der Waals surface area contributed by atoms with Crippen molar-refractivity contribution in [1.82, 2.24) is 0 Å². The Labute approximate surface area is 447 Å². The third-order valence-electron chi connectivity index (χ3n) is 23.5. The number of ketones is 2. The van der Waals surface area contributed by atoms with Gasteiger partial charge in [-0.2, -0.15) is 0 Å². The van der Waals surface area contributed by atoms with Gasteiger partial charge >= 0.3 is 0 Å². The van der Waals surface area contributed by atoms with Gasteiger partial charge in [0.1, 0.15) is 18.5 Å². The summed E-state index contributed by atoms with van der Waals surface area (Å²) in [5.74, 6) is 6.46. The van der Waals surface area contributed by atoms with Gasteiger partial charge in [0, 0.05) is 16.7 Å². The molecule has 0 N–H and O–H groups in total. The standard InChI is InChI=1S/C35H60O2Si.C28H46O3Si.2CH4/c1-23(15-16-24(2)32(4,5)6)28-17-18-29-26(14-13-19-34(28,29)10)20-25(3)35-22-27(35)21-30(31(35)36)37-38(11,12)33(7,8)9;1-18(17-29)22-11-12-23-20(10-9-13-27(22,23)6)14-19(2)28-16-21(28)15-24(25(28)30)31-32(7,8)26(3,4)5;;/h15-16,20,23-25,27-30H,13-14,17-19,21-22H2,1-12H3;14,17-19,21-24H,9-13,15-16H2,1-8H3;2*1H4/b16-15+,26-20+;20-14+;;/t23-,24+,25-,27?,28-,29+,30+,34-,35-;18-,19-,21?,22-,23+,24+,27-,28-;;/m11../s1.